The number of fused-ring (bicyclic) bond motifs is 1. The number of hydrogen-bond donors (Lipinski definition) is 3. The topological polar surface area (TPSA) is 127 Å². The molecule has 0 radical (unpaired) electrons. The van der Waals surface area contributed by atoms with Crippen molar-refractivity contribution < 1.29 is 17.4 Å². The van der Waals surface area contributed by atoms with Gasteiger partial charge in [-0.3, -0.25) is 10.1 Å². The van der Waals surface area contributed by atoms with Gasteiger partial charge in [-0.05, 0) is 49.2 Å². The van der Waals surface area contributed by atoms with Gasteiger partial charge in [0.15, 0.2) is 0 Å². The number of rotatable bonds is 5. The van der Waals surface area contributed by atoms with Crippen molar-refractivity contribution >= 4 is 38.7 Å². The fraction of sp³-hybridized carbons (Fsp3) is 0.176. The molecule has 0 spiro atoms. The number of hydrogen-bond acceptors (Lipinski definition) is 6. The maximum atomic E-state index is 12.3. The maximum absolute atomic E-state index is 12.3. The van der Waals surface area contributed by atoms with Crippen molar-refractivity contribution in [2.75, 3.05) is 11.1 Å². The monoisotopic (exact) mass is 372 g/mol. The zero-order valence-corrected chi connectivity index (χ0v) is 14.4. The number of anilines is 2. The summed E-state index contributed by atoms with van der Waals surface area (Å²) >= 11 is 0. The summed E-state index contributed by atoms with van der Waals surface area (Å²) < 4.78 is 29.8. The van der Waals surface area contributed by atoms with Crippen molar-refractivity contribution in [3.05, 3.63) is 42.5 Å². The first-order valence-electron chi connectivity index (χ1n) is 8.01. The van der Waals surface area contributed by atoms with Gasteiger partial charge in [0.05, 0.1) is 11.0 Å². The highest BCUT2D eigenvalue weighted by Crippen LogP contribution is 2.30. The van der Waals surface area contributed by atoms with E-state index in [4.69, 9.17) is 9.92 Å². The van der Waals surface area contributed by atoms with Gasteiger partial charge in [-0.15, -0.1) is 0 Å². The van der Waals surface area contributed by atoms with E-state index >= 15 is 0 Å². The summed E-state index contributed by atoms with van der Waals surface area (Å²) in [5.74, 6) is 0.465. The molecule has 4 N–H and O–H groups in total. The van der Waals surface area contributed by atoms with Gasteiger partial charge in [0.2, 0.25) is 11.9 Å². The second-order valence-electron chi connectivity index (χ2n) is 6.13. The van der Waals surface area contributed by atoms with Crippen molar-refractivity contribution in [3.8, 4) is 5.75 Å². The molecule has 3 aromatic rings. The van der Waals surface area contributed by atoms with E-state index in [1.54, 1.807) is 6.07 Å². The molecule has 8 nitrogen and oxygen atoms in total. The number of nitrogens with two attached hydrogens (primary N) is 1. The summed E-state index contributed by atoms with van der Waals surface area (Å²) in [5.41, 5.74) is 7.18. The number of amides is 1. The van der Waals surface area contributed by atoms with Gasteiger partial charge >= 0.3 is 10.1 Å². The minimum atomic E-state index is -3.97. The van der Waals surface area contributed by atoms with E-state index in [2.05, 4.69) is 15.3 Å². The van der Waals surface area contributed by atoms with Gasteiger partial charge in [-0.2, -0.15) is 8.42 Å². The van der Waals surface area contributed by atoms with Crippen LogP contribution in [0.2, 0.25) is 0 Å². The first-order valence-corrected chi connectivity index (χ1v) is 9.42. The Morgan fingerprint density at radius 1 is 1.19 bits per heavy atom. The third-order valence-corrected chi connectivity index (χ3v) is 5.28. The highest BCUT2D eigenvalue weighted by Gasteiger charge is 2.30. The molecule has 1 amide bonds. The molecule has 1 fully saturated rings. The molecular weight excluding hydrogens is 356 g/mol. The SMILES string of the molecule is Nc1ccc(S(=O)(=O)Oc2ccc3nc(NC(=O)C4CC4)[nH]c3c2)cc1. The molecule has 0 saturated heterocycles. The number of benzene rings is 2. The molecule has 26 heavy (non-hydrogen) atoms. The fourth-order valence-electron chi connectivity index (χ4n) is 2.47. The van der Waals surface area contributed by atoms with E-state index < -0.39 is 10.1 Å². The number of aromatic nitrogens is 2. The molecule has 1 aliphatic rings. The summed E-state index contributed by atoms with van der Waals surface area (Å²) in [6.07, 6.45) is 1.79. The number of carbonyl (C=O) groups excluding carboxylic acids is 1. The molecule has 1 heterocycles. The van der Waals surface area contributed by atoms with Crippen LogP contribution in [0, 0.1) is 5.92 Å². The summed E-state index contributed by atoms with van der Waals surface area (Å²) in [6, 6.07) is 10.4. The Labute approximate surface area is 149 Å². The third kappa shape index (κ3) is 3.33. The normalized spacial score (nSPS) is 14.3. The molecule has 9 heteroatoms. The minimum Gasteiger partial charge on any atom is -0.399 e. The molecule has 1 saturated carbocycles. The number of nitrogen functional groups attached to an aromatic ring is 1. The van der Waals surface area contributed by atoms with Crippen LogP contribution >= 0.6 is 0 Å². The average molecular weight is 372 g/mol. The highest BCUT2D eigenvalue weighted by molar-refractivity contribution is 7.87. The zero-order chi connectivity index (χ0) is 18.3. The Balaban J connectivity index is 1.56. The van der Waals surface area contributed by atoms with E-state index in [1.807, 2.05) is 0 Å². The Morgan fingerprint density at radius 2 is 1.92 bits per heavy atom. The molecule has 1 aliphatic carbocycles. The lowest BCUT2D eigenvalue weighted by atomic mass is 10.3. The standard InChI is InChI=1S/C17H16N4O4S/c18-11-3-6-13(7-4-11)26(23,24)25-12-5-8-14-15(9-12)20-17(19-14)21-16(22)10-1-2-10/h3-10H,1-2,18H2,(H2,19,20,21,22). The van der Waals surface area contributed by atoms with Crippen LogP contribution in [0.4, 0.5) is 11.6 Å². The lowest BCUT2D eigenvalue weighted by Crippen LogP contribution is -2.14. The van der Waals surface area contributed by atoms with E-state index in [0.717, 1.165) is 12.8 Å². The van der Waals surface area contributed by atoms with Crippen LogP contribution in [0.25, 0.3) is 11.0 Å². The van der Waals surface area contributed by atoms with E-state index in [9.17, 15) is 13.2 Å². The zero-order valence-electron chi connectivity index (χ0n) is 13.6. The molecule has 0 unspecified atom stereocenters. The number of H-pyrrole nitrogens is 1. The molecule has 134 valence electrons. The van der Waals surface area contributed by atoms with Crippen molar-refractivity contribution in [2.45, 2.75) is 17.7 Å². The predicted molar refractivity (Wildman–Crippen MR) is 96.1 cm³/mol. The minimum absolute atomic E-state index is 0.00814. The smallest absolute Gasteiger partial charge is 0.339 e. The average Bonchev–Trinajstić information content (AvgIpc) is 3.36. The summed E-state index contributed by atoms with van der Waals surface area (Å²) in [4.78, 5) is 19.0. The van der Waals surface area contributed by atoms with Gasteiger partial charge in [0.25, 0.3) is 0 Å². The number of imidazole rings is 1. The van der Waals surface area contributed by atoms with Crippen molar-refractivity contribution in [1.82, 2.24) is 9.97 Å². The van der Waals surface area contributed by atoms with Gasteiger partial charge in [-0.25, -0.2) is 4.98 Å². The maximum Gasteiger partial charge on any atom is 0.339 e. The Kier molecular flexibility index (Phi) is 3.80. The van der Waals surface area contributed by atoms with Crippen molar-refractivity contribution in [1.29, 1.82) is 0 Å². The van der Waals surface area contributed by atoms with E-state index in [1.165, 1.54) is 36.4 Å². The number of nitrogens with one attached hydrogen (secondary N) is 2. The van der Waals surface area contributed by atoms with Crippen LogP contribution < -0.4 is 15.2 Å². The number of carbonyl (C=O) groups is 1. The second kappa shape index (κ2) is 6.03. The van der Waals surface area contributed by atoms with Gasteiger partial charge in [-0.1, -0.05) is 0 Å². The van der Waals surface area contributed by atoms with Gasteiger partial charge in [0.1, 0.15) is 10.6 Å². The van der Waals surface area contributed by atoms with Crippen LogP contribution in [0.3, 0.4) is 0 Å². The van der Waals surface area contributed by atoms with E-state index in [-0.39, 0.29) is 22.5 Å². The fourth-order valence-corrected chi connectivity index (χ4v) is 3.40. The van der Waals surface area contributed by atoms with Crippen LogP contribution in [0.15, 0.2) is 47.4 Å². The quantitative estimate of drug-likeness (QED) is 0.466. The largest absolute Gasteiger partial charge is 0.399 e. The molecular formula is C17H16N4O4S. The Bertz CT molecular complexity index is 1090. The summed E-state index contributed by atoms with van der Waals surface area (Å²) in [6.45, 7) is 0. The summed E-state index contributed by atoms with van der Waals surface area (Å²) in [5, 5.41) is 2.72. The lowest BCUT2D eigenvalue weighted by Gasteiger charge is -2.07. The van der Waals surface area contributed by atoms with Gasteiger partial charge < -0.3 is 14.9 Å². The van der Waals surface area contributed by atoms with Crippen molar-refractivity contribution in [3.63, 3.8) is 0 Å². The first-order chi connectivity index (χ1) is 12.4. The number of aromatic amines is 1. The molecule has 0 atom stereocenters. The third-order valence-electron chi connectivity index (χ3n) is 4.02. The Morgan fingerprint density at radius 3 is 2.62 bits per heavy atom. The van der Waals surface area contributed by atoms with Gasteiger partial charge in [0, 0.05) is 17.7 Å². The lowest BCUT2D eigenvalue weighted by molar-refractivity contribution is -0.117. The highest BCUT2D eigenvalue weighted by atomic mass is 32.2. The van der Waals surface area contributed by atoms with Crippen LogP contribution in [-0.2, 0) is 14.9 Å². The second-order valence-corrected chi connectivity index (χ2v) is 7.68. The molecule has 0 bridgehead atoms. The first kappa shape index (κ1) is 16.4. The van der Waals surface area contributed by atoms with E-state index in [0.29, 0.717) is 22.7 Å². The van der Waals surface area contributed by atoms with Crippen molar-refractivity contribution in [2.24, 2.45) is 5.92 Å². The predicted octanol–water partition coefficient (Wildman–Crippen LogP) is 2.26. The molecule has 1 aromatic heterocycles. The number of nitrogens with zero attached hydrogens (tertiary/aromatic N) is 1. The summed E-state index contributed by atoms with van der Waals surface area (Å²) in [7, 11) is -3.97. The van der Waals surface area contributed by atoms with Crippen LogP contribution in [0.5, 0.6) is 5.75 Å². The molecule has 4 rings (SSSR count). The van der Waals surface area contributed by atoms with Crippen LogP contribution in [-0.4, -0.2) is 24.3 Å². The van der Waals surface area contributed by atoms with Crippen LogP contribution in [0.1, 0.15) is 12.8 Å². The molecule has 2 aromatic carbocycles. The molecule has 0 aliphatic heterocycles. The Hall–Kier alpha value is -3.07.